The molecule has 0 fully saturated rings. The molecule has 0 amide bonds. The minimum absolute atomic E-state index is 0.499. The second-order valence-electron chi connectivity index (χ2n) is 3.14. The molecule has 0 radical (unpaired) electrons. The van der Waals surface area contributed by atoms with Crippen LogP contribution in [0.15, 0.2) is 12.3 Å². The summed E-state index contributed by atoms with van der Waals surface area (Å²) in [6.07, 6.45) is 2.74. The molecule has 3 nitrogen and oxygen atoms in total. The fourth-order valence-electron chi connectivity index (χ4n) is 1.06. The molecule has 1 unspecified atom stereocenters. The second kappa shape index (κ2) is 4.16. The van der Waals surface area contributed by atoms with Crippen molar-refractivity contribution in [1.29, 1.82) is 0 Å². The van der Waals surface area contributed by atoms with E-state index in [4.69, 9.17) is 5.73 Å². The van der Waals surface area contributed by atoms with Crippen molar-refractivity contribution in [2.24, 2.45) is 11.7 Å². The first-order valence-electron chi connectivity index (χ1n) is 4.21. The van der Waals surface area contributed by atoms with E-state index in [1.54, 1.807) is 6.20 Å². The molecule has 2 N–H and O–H groups in total. The molecule has 1 atom stereocenters. The van der Waals surface area contributed by atoms with E-state index < -0.39 is 0 Å². The van der Waals surface area contributed by atoms with Gasteiger partial charge in [-0.05, 0) is 31.9 Å². The summed E-state index contributed by atoms with van der Waals surface area (Å²) in [7, 11) is 0. The van der Waals surface area contributed by atoms with Gasteiger partial charge in [0.15, 0.2) is 0 Å². The zero-order valence-electron chi connectivity index (χ0n) is 7.62. The SMILES string of the molecule is Cc1nccc(CC(C)CN)n1. The van der Waals surface area contributed by atoms with Gasteiger partial charge >= 0.3 is 0 Å². The number of nitrogens with two attached hydrogens (primary N) is 1. The van der Waals surface area contributed by atoms with Crippen molar-refractivity contribution in [2.45, 2.75) is 20.3 Å². The van der Waals surface area contributed by atoms with E-state index in [1.165, 1.54) is 0 Å². The van der Waals surface area contributed by atoms with Gasteiger partial charge in [-0.15, -0.1) is 0 Å². The largest absolute Gasteiger partial charge is 0.330 e. The number of aryl methyl sites for hydroxylation is 1. The lowest BCUT2D eigenvalue weighted by Crippen LogP contribution is -2.14. The normalized spacial score (nSPS) is 12.9. The molecule has 3 heteroatoms. The van der Waals surface area contributed by atoms with Gasteiger partial charge < -0.3 is 5.73 Å². The van der Waals surface area contributed by atoms with E-state index in [-0.39, 0.29) is 0 Å². The van der Waals surface area contributed by atoms with Crippen LogP contribution < -0.4 is 5.73 Å². The van der Waals surface area contributed by atoms with Crippen LogP contribution in [0.2, 0.25) is 0 Å². The Balaban J connectivity index is 2.63. The molecule has 12 heavy (non-hydrogen) atoms. The van der Waals surface area contributed by atoms with Gasteiger partial charge in [0.25, 0.3) is 0 Å². The Labute approximate surface area is 73.0 Å². The quantitative estimate of drug-likeness (QED) is 0.724. The molecule has 0 saturated heterocycles. The Morgan fingerprint density at radius 2 is 2.33 bits per heavy atom. The summed E-state index contributed by atoms with van der Waals surface area (Å²) >= 11 is 0. The Morgan fingerprint density at radius 1 is 1.58 bits per heavy atom. The Morgan fingerprint density at radius 3 is 2.92 bits per heavy atom. The molecule has 0 bridgehead atoms. The highest BCUT2D eigenvalue weighted by molar-refractivity contribution is 5.02. The molecule has 1 aromatic rings. The highest BCUT2D eigenvalue weighted by atomic mass is 14.9. The van der Waals surface area contributed by atoms with Gasteiger partial charge in [0.05, 0.1) is 0 Å². The first kappa shape index (κ1) is 9.13. The molecule has 1 rings (SSSR count). The highest BCUT2D eigenvalue weighted by Crippen LogP contribution is 2.03. The van der Waals surface area contributed by atoms with Gasteiger partial charge in [0.1, 0.15) is 5.82 Å². The Bertz CT molecular complexity index is 247. The van der Waals surface area contributed by atoms with Crippen LogP contribution in [-0.4, -0.2) is 16.5 Å². The maximum absolute atomic E-state index is 5.51. The summed E-state index contributed by atoms with van der Waals surface area (Å²) < 4.78 is 0. The smallest absolute Gasteiger partial charge is 0.125 e. The molecule has 0 aliphatic heterocycles. The summed E-state index contributed by atoms with van der Waals surface area (Å²) in [6, 6.07) is 1.94. The first-order valence-corrected chi connectivity index (χ1v) is 4.21. The van der Waals surface area contributed by atoms with Crippen molar-refractivity contribution < 1.29 is 0 Å². The summed E-state index contributed by atoms with van der Waals surface area (Å²) in [5, 5.41) is 0. The average molecular weight is 165 g/mol. The standard InChI is InChI=1S/C9H15N3/c1-7(6-10)5-9-3-4-11-8(2)12-9/h3-4,7H,5-6,10H2,1-2H3. The topological polar surface area (TPSA) is 51.8 Å². The van der Waals surface area contributed by atoms with Crippen molar-refractivity contribution in [3.63, 3.8) is 0 Å². The van der Waals surface area contributed by atoms with Crippen LogP contribution in [0, 0.1) is 12.8 Å². The number of aromatic nitrogens is 2. The lowest BCUT2D eigenvalue weighted by Gasteiger charge is -2.06. The predicted octanol–water partition coefficient (Wildman–Crippen LogP) is 0.922. The molecule has 0 saturated carbocycles. The Hall–Kier alpha value is -0.960. The van der Waals surface area contributed by atoms with E-state index >= 15 is 0 Å². The monoisotopic (exact) mass is 165 g/mol. The number of nitrogens with zero attached hydrogens (tertiary/aromatic N) is 2. The van der Waals surface area contributed by atoms with E-state index in [0.29, 0.717) is 12.5 Å². The van der Waals surface area contributed by atoms with Crippen LogP contribution in [0.4, 0.5) is 0 Å². The van der Waals surface area contributed by atoms with Crippen molar-refractivity contribution in [1.82, 2.24) is 9.97 Å². The third-order valence-electron chi connectivity index (χ3n) is 1.79. The van der Waals surface area contributed by atoms with Crippen molar-refractivity contribution in [3.05, 3.63) is 23.8 Å². The fourth-order valence-corrected chi connectivity index (χ4v) is 1.06. The number of hydrogen-bond acceptors (Lipinski definition) is 3. The summed E-state index contributed by atoms with van der Waals surface area (Å²) in [5.41, 5.74) is 6.60. The molecule has 0 aliphatic rings. The van der Waals surface area contributed by atoms with Crippen molar-refractivity contribution in [2.75, 3.05) is 6.54 Å². The zero-order valence-corrected chi connectivity index (χ0v) is 7.62. The second-order valence-corrected chi connectivity index (χ2v) is 3.14. The molecule has 1 heterocycles. The maximum Gasteiger partial charge on any atom is 0.125 e. The molecule has 0 spiro atoms. The lowest BCUT2D eigenvalue weighted by atomic mass is 10.1. The minimum Gasteiger partial charge on any atom is -0.330 e. The summed E-state index contributed by atoms with van der Waals surface area (Å²) in [5.74, 6) is 1.33. The van der Waals surface area contributed by atoms with E-state index in [0.717, 1.165) is 17.9 Å². The van der Waals surface area contributed by atoms with Gasteiger partial charge in [0.2, 0.25) is 0 Å². The van der Waals surface area contributed by atoms with Crippen LogP contribution >= 0.6 is 0 Å². The zero-order chi connectivity index (χ0) is 8.97. The number of rotatable bonds is 3. The Kier molecular flexibility index (Phi) is 3.17. The van der Waals surface area contributed by atoms with Crippen LogP contribution in [0.1, 0.15) is 18.4 Å². The van der Waals surface area contributed by atoms with Gasteiger partial charge in [-0.3, -0.25) is 0 Å². The third-order valence-corrected chi connectivity index (χ3v) is 1.79. The maximum atomic E-state index is 5.51. The van der Waals surface area contributed by atoms with Crippen LogP contribution in [-0.2, 0) is 6.42 Å². The minimum atomic E-state index is 0.499. The van der Waals surface area contributed by atoms with E-state index in [1.807, 2.05) is 13.0 Å². The van der Waals surface area contributed by atoms with Gasteiger partial charge in [-0.2, -0.15) is 0 Å². The van der Waals surface area contributed by atoms with Crippen molar-refractivity contribution in [3.8, 4) is 0 Å². The van der Waals surface area contributed by atoms with E-state index in [9.17, 15) is 0 Å². The van der Waals surface area contributed by atoms with Gasteiger partial charge in [-0.1, -0.05) is 6.92 Å². The van der Waals surface area contributed by atoms with Crippen LogP contribution in [0.3, 0.4) is 0 Å². The summed E-state index contributed by atoms with van der Waals surface area (Å²) in [6.45, 7) is 4.73. The molecular formula is C9H15N3. The fraction of sp³-hybridized carbons (Fsp3) is 0.556. The predicted molar refractivity (Wildman–Crippen MR) is 48.7 cm³/mol. The molecule has 0 aromatic carbocycles. The highest BCUT2D eigenvalue weighted by Gasteiger charge is 2.02. The van der Waals surface area contributed by atoms with Gasteiger partial charge in [-0.25, -0.2) is 9.97 Å². The number of hydrogen-bond donors (Lipinski definition) is 1. The summed E-state index contributed by atoms with van der Waals surface area (Å²) in [4.78, 5) is 8.33. The van der Waals surface area contributed by atoms with Gasteiger partial charge in [0, 0.05) is 11.9 Å². The van der Waals surface area contributed by atoms with E-state index in [2.05, 4.69) is 16.9 Å². The molecular weight excluding hydrogens is 150 g/mol. The van der Waals surface area contributed by atoms with Crippen molar-refractivity contribution >= 4 is 0 Å². The van der Waals surface area contributed by atoms with Crippen LogP contribution in [0.5, 0.6) is 0 Å². The molecule has 0 aliphatic carbocycles. The molecule has 66 valence electrons. The lowest BCUT2D eigenvalue weighted by molar-refractivity contribution is 0.582. The molecule has 1 aromatic heterocycles. The first-order chi connectivity index (χ1) is 5.72. The average Bonchev–Trinajstić information content (AvgIpc) is 2.04. The third kappa shape index (κ3) is 2.58. The van der Waals surface area contributed by atoms with Crippen LogP contribution in [0.25, 0.3) is 0 Å².